The third kappa shape index (κ3) is 7.69. The number of benzene rings is 2. The van der Waals surface area contributed by atoms with Crippen molar-refractivity contribution in [3.05, 3.63) is 60.8 Å². The molecule has 0 radical (unpaired) electrons. The maximum absolute atomic E-state index is 12.6. The van der Waals surface area contributed by atoms with Crippen LogP contribution in [0, 0.1) is 0 Å². The third-order valence-corrected chi connectivity index (χ3v) is 6.62. The first-order valence-corrected chi connectivity index (χ1v) is 11.9. The highest BCUT2D eigenvalue weighted by molar-refractivity contribution is 7.89. The molecule has 0 aliphatic carbocycles. The number of pyridine rings is 1. The highest BCUT2D eigenvalue weighted by Crippen LogP contribution is 2.29. The number of hydrogen-bond donors (Lipinski definition) is 2. The largest absolute Gasteiger partial charge is 0.573 e. The Morgan fingerprint density at radius 2 is 1.65 bits per heavy atom. The number of fused-ring (bicyclic) bond motifs is 1. The molecule has 2 aromatic carbocycles. The van der Waals surface area contributed by atoms with Crippen LogP contribution in [0.3, 0.4) is 0 Å². The van der Waals surface area contributed by atoms with Gasteiger partial charge in [0.2, 0.25) is 10.0 Å². The summed E-state index contributed by atoms with van der Waals surface area (Å²) >= 11 is 0. The van der Waals surface area contributed by atoms with E-state index < -0.39 is 34.3 Å². The van der Waals surface area contributed by atoms with Crippen molar-refractivity contribution >= 4 is 32.6 Å². The van der Waals surface area contributed by atoms with E-state index in [0.29, 0.717) is 19.5 Å². The van der Waals surface area contributed by atoms with Gasteiger partial charge in [0.25, 0.3) is 0 Å². The van der Waals surface area contributed by atoms with Crippen LogP contribution in [0.4, 0.5) is 32.0 Å². The highest BCUT2D eigenvalue weighted by Gasteiger charge is 2.38. The quantitative estimate of drug-likeness (QED) is 0.455. The number of anilines is 1. The molecule has 1 aliphatic heterocycles. The number of sulfonamides is 1. The summed E-state index contributed by atoms with van der Waals surface area (Å²) in [5.41, 5.74) is 1.84. The van der Waals surface area contributed by atoms with Gasteiger partial charge in [-0.05, 0) is 42.8 Å². The van der Waals surface area contributed by atoms with Crippen molar-refractivity contribution in [2.45, 2.75) is 29.9 Å². The second-order valence-electron chi connectivity index (χ2n) is 7.72. The first-order chi connectivity index (χ1) is 17.2. The van der Waals surface area contributed by atoms with Gasteiger partial charge in [-0.15, -0.1) is 13.2 Å². The Morgan fingerprint density at radius 1 is 1.03 bits per heavy atom. The zero-order chi connectivity index (χ0) is 27.4. The van der Waals surface area contributed by atoms with Crippen LogP contribution in [-0.4, -0.2) is 56.1 Å². The topological polar surface area (TPSA) is 109 Å². The number of halogens is 6. The van der Waals surface area contributed by atoms with Gasteiger partial charge in [0, 0.05) is 36.4 Å². The molecule has 15 heteroatoms. The van der Waals surface area contributed by atoms with Gasteiger partial charge in [-0.2, -0.15) is 13.2 Å². The zero-order valence-electron chi connectivity index (χ0n) is 18.6. The molecule has 2 N–H and O–H groups in total. The van der Waals surface area contributed by atoms with Crippen molar-refractivity contribution in [1.82, 2.24) is 9.71 Å². The summed E-state index contributed by atoms with van der Waals surface area (Å²) in [6, 6.07) is 13.4. The summed E-state index contributed by atoms with van der Waals surface area (Å²) in [7, 11) is -3.88. The lowest BCUT2D eigenvalue weighted by atomic mass is 10.2. The van der Waals surface area contributed by atoms with E-state index in [0.717, 1.165) is 40.9 Å². The van der Waals surface area contributed by atoms with Gasteiger partial charge in [-0.3, -0.25) is 4.98 Å². The molecule has 4 rings (SSSR count). The summed E-state index contributed by atoms with van der Waals surface area (Å²) in [4.78, 5) is 15.2. The van der Waals surface area contributed by atoms with Gasteiger partial charge < -0.3 is 14.7 Å². The normalized spacial score (nSPS) is 16.3. The van der Waals surface area contributed by atoms with Crippen LogP contribution in [0.15, 0.2) is 65.7 Å². The maximum Gasteiger partial charge on any atom is 0.573 e. The van der Waals surface area contributed by atoms with Gasteiger partial charge in [0.15, 0.2) is 0 Å². The minimum Gasteiger partial charge on any atom is -0.475 e. The Bertz CT molecular complexity index is 1340. The lowest BCUT2D eigenvalue weighted by Crippen LogP contribution is -2.37. The number of ether oxygens (including phenoxy) is 1. The molecule has 1 unspecified atom stereocenters. The molecule has 0 spiro atoms. The Kier molecular flexibility index (Phi) is 8.17. The average Bonchev–Trinajstić information content (AvgIpc) is 3.25. The molecule has 1 aromatic heterocycles. The molecule has 1 saturated heterocycles. The number of carboxylic acid groups (broad SMARTS) is 1. The molecule has 1 fully saturated rings. The average molecular weight is 551 g/mol. The minimum absolute atomic E-state index is 0.121. The van der Waals surface area contributed by atoms with E-state index in [4.69, 9.17) is 9.90 Å². The molecule has 0 saturated carbocycles. The molecule has 1 aliphatic rings. The van der Waals surface area contributed by atoms with Gasteiger partial charge in [-0.25, -0.2) is 17.9 Å². The lowest BCUT2D eigenvalue weighted by molar-refractivity contribution is -0.274. The van der Waals surface area contributed by atoms with Crippen molar-refractivity contribution in [2.24, 2.45) is 0 Å². The number of carbonyl (C=O) groups is 1. The fourth-order valence-corrected chi connectivity index (χ4v) is 4.80. The van der Waals surface area contributed by atoms with Crippen LogP contribution < -0.4 is 14.4 Å². The summed E-state index contributed by atoms with van der Waals surface area (Å²) in [6.45, 7) is 1.14. The second-order valence-corrected chi connectivity index (χ2v) is 9.44. The number of nitrogens with one attached hydrogen (secondary N) is 1. The maximum atomic E-state index is 12.6. The van der Waals surface area contributed by atoms with Crippen LogP contribution in [0.5, 0.6) is 5.75 Å². The molecule has 0 amide bonds. The van der Waals surface area contributed by atoms with Gasteiger partial charge >= 0.3 is 18.5 Å². The molecule has 1 atom stereocenters. The van der Waals surface area contributed by atoms with Crippen LogP contribution >= 0.6 is 0 Å². The lowest BCUT2D eigenvalue weighted by Gasteiger charge is -2.20. The van der Waals surface area contributed by atoms with Crippen LogP contribution in [0.2, 0.25) is 0 Å². The van der Waals surface area contributed by atoms with Crippen molar-refractivity contribution in [1.29, 1.82) is 0 Å². The predicted molar refractivity (Wildman–Crippen MR) is 119 cm³/mol. The van der Waals surface area contributed by atoms with Gasteiger partial charge in [0.05, 0.1) is 10.4 Å². The highest BCUT2D eigenvalue weighted by atomic mass is 32.2. The standard InChI is InChI=1S/C20H18F3N3O3S.C2HF3O2/c21-20(22,23)29-15-5-7-16(8-6-15)30(27,28)25-14-10-12-26(13-14)19-9-11-24-18-4-2-1-3-17(18)19;3-2(4,5)1(6)7/h1-9,11,14,25H,10,12-13H2;(H,6,7). The summed E-state index contributed by atoms with van der Waals surface area (Å²) in [5.74, 6) is -3.23. The number of aromatic nitrogens is 1. The van der Waals surface area contributed by atoms with Crippen LogP contribution in [0.25, 0.3) is 10.9 Å². The molecule has 2 heterocycles. The summed E-state index contributed by atoms with van der Waals surface area (Å²) in [6.07, 6.45) is -7.59. The number of carboxylic acids is 1. The van der Waals surface area contributed by atoms with Crippen LogP contribution in [-0.2, 0) is 14.8 Å². The van der Waals surface area contributed by atoms with E-state index in [-0.39, 0.29) is 10.9 Å². The first kappa shape index (κ1) is 28.0. The van der Waals surface area contributed by atoms with E-state index in [1.165, 1.54) is 0 Å². The summed E-state index contributed by atoms with van der Waals surface area (Å²) in [5, 5.41) is 8.11. The third-order valence-electron chi connectivity index (χ3n) is 5.09. The smallest absolute Gasteiger partial charge is 0.475 e. The number of aliphatic carboxylic acids is 1. The molecular formula is C22H19F6N3O5S. The Hall–Kier alpha value is -3.59. The Balaban J connectivity index is 0.000000479. The van der Waals surface area contributed by atoms with E-state index in [1.54, 1.807) is 6.20 Å². The molecule has 0 bridgehead atoms. The first-order valence-electron chi connectivity index (χ1n) is 10.4. The molecule has 37 heavy (non-hydrogen) atoms. The predicted octanol–water partition coefficient (Wildman–Crippen LogP) is 4.32. The van der Waals surface area contributed by atoms with Crippen molar-refractivity contribution in [3.63, 3.8) is 0 Å². The molecule has 200 valence electrons. The number of para-hydroxylation sites is 1. The second kappa shape index (κ2) is 10.8. The van der Waals surface area contributed by atoms with E-state index >= 15 is 0 Å². The SMILES string of the molecule is O=C(O)C(F)(F)F.O=S(=O)(NC1CCN(c2ccnc3ccccc23)C1)c1ccc(OC(F)(F)F)cc1. The monoisotopic (exact) mass is 551 g/mol. The van der Waals surface area contributed by atoms with Crippen molar-refractivity contribution in [3.8, 4) is 5.75 Å². The Labute approximate surface area is 206 Å². The van der Waals surface area contributed by atoms with Gasteiger partial charge in [0.1, 0.15) is 5.75 Å². The fraction of sp³-hybridized carbons (Fsp3) is 0.273. The van der Waals surface area contributed by atoms with Crippen molar-refractivity contribution in [2.75, 3.05) is 18.0 Å². The number of rotatable bonds is 5. The number of alkyl halides is 6. The molecule has 3 aromatic rings. The zero-order valence-corrected chi connectivity index (χ0v) is 19.4. The minimum atomic E-state index is -5.08. The van der Waals surface area contributed by atoms with Crippen molar-refractivity contribution < 1.29 is 49.4 Å². The van der Waals surface area contributed by atoms with E-state index in [9.17, 15) is 34.8 Å². The molecule has 8 nitrogen and oxygen atoms in total. The number of hydrogen-bond acceptors (Lipinski definition) is 6. The fourth-order valence-electron chi connectivity index (χ4n) is 3.54. The molecular weight excluding hydrogens is 532 g/mol. The Morgan fingerprint density at radius 3 is 2.24 bits per heavy atom. The van der Waals surface area contributed by atoms with E-state index in [1.807, 2.05) is 30.3 Å². The van der Waals surface area contributed by atoms with Gasteiger partial charge in [-0.1, -0.05) is 18.2 Å². The number of nitrogens with zero attached hydrogens (tertiary/aromatic N) is 2. The van der Waals surface area contributed by atoms with E-state index in [2.05, 4.69) is 19.3 Å². The summed E-state index contributed by atoms with van der Waals surface area (Å²) < 4.78 is 100. The van der Waals surface area contributed by atoms with Crippen LogP contribution in [0.1, 0.15) is 6.42 Å².